The number of para-hydroxylation sites is 1. The number of carbonyl (C=O) groups excluding carboxylic acids is 1. The van der Waals surface area contributed by atoms with Crippen LogP contribution in [-0.4, -0.2) is 41.4 Å². The van der Waals surface area contributed by atoms with E-state index >= 15 is 0 Å². The molecule has 1 atom stereocenters. The Kier molecular flexibility index (Phi) is 5.62. The Morgan fingerprint density at radius 3 is 2.57 bits per heavy atom. The van der Waals surface area contributed by atoms with E-state index in [4.69, 9.17) is 5.73 Å². The number of likely N-dealkylation sites (N-methyl/N-ethyl adjacent to an activating group) is 1. The van der Waals surface area contributed by atoms with Gasteiger partial charge in [0.1, 0.15) is 0 Å². The molecule has 0 aromatic heterocycles. The van der Waals surface area contributed by atoms with Gasteiger partial charge in [0.25, 0.3) is 0 Å². The van der Waals surface area contributed by atoms with Gasteiger partial charge < -0.3 is 10.6 Å². The average molecular weight is 289 g/mol. The van der Waals surface area contributed by atoms with Gasteiger partial charge in [-0.15, -0.1) is 0 Å². The lowest BCUT2D eigenvalue weighted by Gasteiger charge is -2.34. The van der Waals surface area contributed by atoms with Crippen LogP contribution < -0.4 is 5.73 Å². The number of benzene rings is 1. The smallest absolute Gasteiger partial charge is 0.239 e. The fourth-order valence-corrected chi connectivity index (χ4v) is 2.95. The Bertz CT molecular complexity index is 469. The van der Waals surface area contributed by atoms with Gasteiger partial charge in [0.15, 0.2) is 0 Å². The highest BCUT2D eigenvalue weighted by Crippen LogP contribution is 2.17. The van der Waals surface area contributed by atoms with Crippen LogP contribution in [0.1, 0.15) is 38.7 Å². The lowest BCUT2D eigenvalue weighted by atomic mass is 10.1. The first-order valence-corrected chi connectivity index (χ1v) is 7.99. The van der Waals surface area contributed by atoms with Gasteiger partial charge in [0.2, 0.25) is 5.91 Å². The maximum atomic E-state index is 12.6. The maximum Gasteiger partial charge on any atom is 0.239 e. The van der Waals surface area contributed by atoms with E-state index in [0.717, 1.165) is 50.3 Å². The van der Waals surface area contributed by atoms with Gasteiger partial charge in [-0.1, -0.05) is 25.1 Å². The first-order chi connectivity index (χ1) is 10.1. The second-order valence-corrected chi connectivity index (χ2v) is 5.82. The summed E-state index contributed by atoms with van der Waals surface area (Å²) in [5, 5.41) is 0. The second-order valence-electron chi connectivity index (χ2n) is 5.82. The third-order valence-electron chi connectivity index (χ3n) is 4.41. The summed E-state index contributed by atoms with van der Waals surface area (Å²) in [7, 11) is 0. The summed E-state index contributed by atoms with van der Waals surface area (Å²) in [6, 6.07) is 7.80. The van der Waals surface area contributed by atoms with E-state index in [1.165, 1.54) is 6.42 Å². The Balaban J connectivity index is 2.02. The molecule has 4 heteroatoms. The van der Waals surface area contributed by atoms with E-state index < -0.39 is 0 Å². The summed E-state index contributed by atoms with van der Waals surface area (Å²) in [5.41, 5.74) is 7.92. The lowest BCUT2D eigenvalue weighted by Crippen LogP contribution is -2.48. The van der Waals surface area contributed by atoms with Crippen molar-refractivity contribution in [2.75, 3.05) is 25.4 Å². The van der Waals surface area contributed by atoms with Crippen LogP contribution in [0, 0.1) is 0 Å². The molecule has 0 bridgehead atoms. The molecule has 0 spiro atoms. The lowest BCUT2D eigenvalue weighted by molar-refractivity contribution is -0.137. The van der Waals surface area contributed by atoms with Crippen molar-refractivity contribution in [2.45, 2.75) is 45.7 Å². The number of nitrogen functional groups attached to an aromatic ring is 1. The highest BCUT2D eigenvalue weighted by Gasteiger charge is 2.26. The molecular formula is C17H27N3O. The zero-order valence-corrected chi connectivity index (χ0v) is 13.2. The van der Waals surface area contributed by atoms with Crippen LogP contribution in [0.3, 0.4) is 0 Å². The zero-order chi connectivity index (χ0) is 15.2. The predicted octanol–water partition coefficient (Wildman–Crippen LogP) is 2.49. The number of hydrogen-bond donors (Lipinski definition) is 1. The summed E-state index contributed by atoms with van der Waals surface area (Å²) >= 11 is 0. The van der Waals surface area contributed by atoms with Gasteiger partial charge in [-0.05, 0) is 44.4 Å². The Morgan fingerprint density at radius 1 is 1.29 bits per heavy atom. The van der Waals surface area contributed by atoms with Gasteiger partial charge in [-0.25, -0.2) is 0 Å². The van der Waals surface area contributed by atoms with Gasteiger partial charge in [0, 0.05) is 25.3 Å². The van der Waals surface area contributed by atoms with Crippen LogP contribution >= 0.6 is 0 Å². The van der Waals surface area contributed by atoms with Crippen LogP contribution in [0.5, 0.6) is 0 Å². The average Bonchev–Trinajstić information content (AvgIpc) is 2.53. The number of nitrogens with zero attached hydrogens (tertiary/aromatic N) is 2. The van der Waals surface area contributed by atoms with Crippen molar-refractivity contribution in [3.63, 3.8) is 0 Å². The number of piperidine rings is 1. The Hall–Kier alpha value is -1.55. The minimum Gasteiger partial charge on any atom is -0.398 e. The number of hydrogen-bond acceptors (Lipinski definition) is 3. The first kappa shape index (κ1) is 15.8. The fraction of sp³-hybridized carbons (Fsp3) is 0.588. The quantitative estimate of drug-likeness (QED) is 0.847. The van der Waals surface area contributed by atoms with Crippen LogP contribution in [-0.2, 0) is 11.3 Å². The minimum absolute atomic E-state index is 0.0901. The molecule has 1 saturated heterocycles. The molecule has 1 amide bonds. The van der Waals surface area contributed by atoms with E-state index in [9.17, 15) is 4.79 Å². The normalized spacial score (nSPS) is 17.0. The molecule has 0 radical (unpaired) electrons. The largest absolute Gasteiger partial charge is 0.398 e. The van der Waals surface area contributed by atoms with Gasteiger partial charge in [0.05, 0.1) is 6.04 Å². The van der Waals surface area contributed by atoms with Crippen molar-refractivity contribution < 1.29 is 4.79 Å². The summed E-state index contributed by atoms with van der Waals surface area (Å²) in [5.74, 6) is 0.256. The van der Waals surface area contributed by atoms with Crippen molar-refractivity contribution in [3.8, 4) is 0 Å². The molecule has 0 saturated carbocycles. The van der Waals surface area contributed by atoms with Crippen molar-refractivity contribution in [1.29, 1.82) is 0 Å². The maximum absolute atomic E-state index is 12.6. The SMILES string of the molecule is CCN(Cc1ccccc1N)C(C)C(=O)N1CCCCC1. The third kappa shape index (κ3) is 3.97. The molecule has 0 aliphatic carbocycles. The molecule has 1 unspecified atom stereocenters. The molecular weight excluding hydrogens is 262 g/mol. The van der Waals surface area contributed by atoms with Crippen LogP contribution in [0.25, 0.3) is 0 Å². The molecule has 1 aromatic rings. The summed E-state index contributed by atoms with van der Waals surface area (Å²) < 4.78 is 0. The number of amides is 1. The predicted molar refractivity (Wildman–Crippen MR) is 86.8 cm³/mol. The molecule has 1 aliphatic heterocycles. The number of nitrogens with two attached hydrogens (primary N) is 1. The van der Waals surface area contributed by atoms with Crippen LogP contribution in [0.2, 0.25) is 0 Å². The van der Waals surface area contributed by atoms with Crippen molar-refractivity contribution in [3.05, 3.63) is 29.8 Å². The standard InChI is InChI=1S/C17H27N3O/c1-3-19(13-15-9-5-6-10-16(15)18)14(2)17(21)20-11-7-4-8-12-20/h5-6,9-10,14H,3-4,7-8,11-13,18H2,1-2H3. The molecule has 2 rings (SSSR count). The molecule has 1 fully saturated rings. The highest BCUT2D eigenvalue weighted by molar-refractivity contribution is 5.81. The van der Waals surface area contributed by atoms with E-state index in [2.05, 4.69) is 11.8 Å². The van der Waals surface area contributed by atoms with Crippen molar-refractivity contribution in [2.24, 2.45) is 0 Å². The van der Waals surface area contributed by atoms with E-state index in [1.807, 2.05) is 36.1 Å². The third-order valence-corrected chi connectivity index (χ3v) is 4.41. The Morgan fingerprint density at radius 2 is 1.95 bits per heavy atom. The second kappa shape index (κ2) is 7.46. The molecule has 2 N–H and O–H groups in total. The van der Waals surface area contributed by atoms with Crippen LogP contribution in [0.4, 0.5) is 5.69 Å². The van der Waals surface area contributed by atoms with E-state index in [-0.39, 0.29) is 11.9 Å². The van der Waals surface area contributed by atoms with Gasteiger partial charge in [-0.2, -0.15) is 0 Å². The minimum atomic E-state index is -0.0901. The summed E-state index contributed by atoms with van der Waals surface area (Å²) in [4.78, 5) is 16.8. The molecule has 4 nitrogen and oxygen atoms in total. The number of rotatable bonds is 5. The van der Waals surface area contributed by atoms with E-state index in [0.29, 0.717) is 0 Å². The highest BCUT2D eigenvalue weighted by atomic mass is 16.2. The number of likely N-dealkylation sites (tertiary alicyclic amines) is 1. The van der Waals surface area contributed by atoms with Gasteiger partial charge in [-0.3, -0.25) is 9.69 Å². The summed E-state index contributed by atoms with van der Waals surface area (Å²) in [6.45, 7) is 7.50. The first-order valence-electron chi connectivity index (χ1n) is 7.99. The zero-order valence-electron chi connectivity index (χ0n) is 13.2. The Labute approximate surface area is 127 Å². The fourth-order valence-electron chi connectivity index (χ4n) is 2.95. The molecule has 1 aliphatic rings. The van der Waals surface area contributed by atoms with Crippen molar-refractivity contribution in [1.82, 2.24) is 9.80 Å². The number of carbonyl (C=O) groups is 1. The topological polar surface area (TPSA) is 49.6 Å². The number of anilines is 1. The molecule has 1 heterocycles. The van der Waals surface area contributed by atoms with Crippen molar-refractivity contribution >= 4 is 11.6 Å². The molecule has 116 valence electrons. The monoisotopic (exact) mass is 289 g/mol. The summed E-state index contributed by atoms with van der Waals surface area (Å²) in [6.07, 6.45) is 3.52. The van der Waals surface area contributed by atoms with Crippen LogP contribution in [0.15, 0.2) is 24.3 Å². The molecule has 1 aromatic carbocycles. The molecule has 21 heavy (non-hydrogen) atoms. The van der Waals surface area contributed by atoms with Gasteiger partial charge >= 0.3 is 0 Å². The van der Waals surface area contributed by atoms with E-state index in [1.54, 1.807) is 0 Å².